The first-order valence-electron chi connectivity index (χ1n) is 10.2. The fourth-order valence-electron chi connectivity index (χ4n) is 3.01. The van der Waals surface area contributed by atoms with Crippen LogP contribution in [0.5, 0.6) is 5.75 Å². The predicted molar refractivity (Wildman–Crippen MR) is 117 cm³/mol. The zero-order valence-electron chi connectivity index (χ0n) is 18.4. The Balaban J connectivity index is 0.000000429. The van der Waals surface area contributed by atoms with Crippen LogP contribution in [0.2, 0.25) is 0 Å². The summed E-state index contributed by atoms with van der Waals surface area (Å²) in [5.41, 5.74) is 14.6. The molecule has 0 bridgehead atoms. The minimum Gasteiger partial charge on any atom is -0.490 e. The number of anilines is 1. The van der Waals surface area contributed by atoms with Gasteiger partial charge in [0, 0.05) is 12.7 Å². The van der Waals surface area contributed by atoms with Crippen molar-refractivity contribution in [2.75, 3.05) is 18.9 Å². The predicted octanol–water partition coefficient (Wildman–Crippen LogP) is 2.51. The number of rotatable bonds is 7. The Bertz CT molecular complexity index is 1290. The molecule has 0 atom stereocenters. The van der Waals surface area contributed by atoms with Gasteiger partial charge in [-0.25, -0.2) is 19.4 Å². The third kappa shape index (κ3) is 5.63. The average Bonchev–Trinajstić information content (AvgIpc) is 3.42. The lowest BCUT2D eigenvalue weighted by Crippen LogP contribution is -2.21. The number of pyridine rings is 2. The van der Waals surface area contributed by atoms with Crippen molar-refractivity contribution < 1.29 is 32.4 Å². The van der Waals surface area contributed by atoms with Crippen LogP contribution in [-0.4, -0.2) is 60.2 Å². The minimum atomic E-state index is -5.08. The summed E-state index contributed by atoms with van der Waals surface area (Å²) in [5.74, 6) is -1.45. The van der Waals surface area contributed by atoms with Crippen molar-refractivity contribution in [2.24, 2.45) is 5.73 Å². The van der Waals surface area contributed by atoms with Crippen molar-refractivity contribution in [3.8, 4) is 28.7 Å². The monoisotopic (exact) mass is 494 g/mol. The van der Waals surface area contributed by atoms with Gasteiger partial charge in [0.15, 0.2) is 23.1 Å². The molecule has 0 fully saturated rings. The van der Waals surface area contributed by atoms with Crippen molar-refractivity contribution in [2.45, 2.75) is 26.1 Å². The lowest BCUT2D eigenvalue weighted by molar-refractivity contribution is -0.192. The van der Waals surface area contributed by atoms with E-state index >= 15 is 0 Å². The Morgan fingerprint density at radius 2 is 1.97 bits per heavy atom. The molecule has 0 amide bonds. The lowest BCUT2D eigenvalue weighted by Gasteiger charge is -2.11. The van der Waals surface area contributed by atoms with E-state index in [-0.39, 0.29) is 5.82 Å². The number of nitrogens with two attached hydrogens (primary N) is 2. The summed E-state index contributed by atoms with van der Waals surface area (Å²) in [5, 5.41) is 14.7. The van der Waals surface area contributed by atoms with Crippen molar-refractivity contribution in [3.05, 3.63) is 30.6 Å². The zero-order chi connectivity index (χ0) is 25.6. The number of ether oxygens (including phenoxy) is 1. The van der Waals surface area contributed by atoms with Gasteiger partial charge in [0.25, 0.3) is 0 Å². The number of carboxylic acid groups (broad SMARTS) is 1. The van der Waals surface area contributed by atoms with E-state index in [4.69, 9.17) is 35.7 Å². The number of imidazole rings is 1. The summed E-state index contributed by atoms with van der Waals surface area (Å²) in [4.78, 5) is 22.6. The number of aliphatic carboxylic acids is 1. The summed E-state index contributed by atoms with van der Waals surface area (Å²) in [6.45, 7) is 3.63. The van der Waals surface area contributed by atoms with Crippen molar-refractivity contribution in [1.29, 1.82) is 0 Å². The van der Waals surface area contributed by atoms with Gasteiger partial charge < -0.3 is 25.9 Å². The van der Waals surface area contributed by atoms with Crippen LogP contribution in [-0.2, 0) is 11.3 Å². The smallest absolute Gasteiger partial charge is 0.490 e. The van der Waals surface area contributed by atoms with Crippen molar-refractivity contribution in [1.82, 2.24) is 29.8 Å². The van der Waals surface area contributed by atoms with Gasteiger partial charge in [-0.05, 0) is 42.3 Å². The molecule has 0 aliphatic carbocycles. The molecule has 4 aromatic rings. The third-order valence-corrected chi connectivity index (χ3v) is 4.53. The van der Waals surface area contributed by atoms with Gasteiger partial charge >= 0.3 is 12.1 Å². The second kappa shape index (κ2) is 10.8. The maximum absolute atomic E-state index is 10.6. The van der Waals surface area contributed by atoms with Crippen LogP contribution in [0.3, 0.4) is 0 Å². The number of carbonyl (C=O) groups is 1. The summed E-state index contributed by atoms with van der Waals surface area (Å²) in [7, 11) is 0. The highest BCUT2D eigenvalue weighted by Gasteiger charge is 2.38. The van der Waals surface area contributed by atoms with Gasteiger partial charge in [-0.15, -0.1) is 0 Å². The van der Waals surface area contributed by atoms with Crippen LogP contribution < -0.4 is 16.2 Å². The van der Waals surface area contributed by atoms with Crippen LogP contribution >= 0.6 is 0 Å². The molecule has 0 unspecified atom stereocenters. The van der Waals surface area contributed by atoms with E-state index in [0.717, 1.165) is 11.9 Å². The first-order chi connectivity index (χ1) is 16.7. The molecule has 0 aromatic carbocycles. The standard InChI is InChI=1S/C18H20N8O2.C2HF3O2/c1-2-26-16-12(27-9-5-7-19)10-22-13(11-6-3-4-8-21-11)14(16)23-18(26)15-17(20)25-28-24-15;3-2(4,5)1(6)7/h3-4,6,8,10H,2,5,7,9,19H2,1H3,(H2,20,25);(H,6,7). The van der Waals surface area contributed by atoms with Gasteiger partial charge in [-0.1, -0.05) is 6.07 Å². The van der Waals surface area contributed by atoms with E-state index < -0.39 is 12.1 Å². The number of aryl methyl sites for hydroxylation is 1. The number of hydrogen-bond acceptors (Lipinski definition) is 10. The molecule has 186 valence electrons. The maximum atomic E-state index is 10.6. The Kier molecular flexibility index (Phi) is 7.80. The van der Waals surface area contributed by atoms with Crippen LogP contribution in [0.25, 0.3) is 33.9 Å². The fourth-order valence-corrected chi connectivity index (χ4v) is 3.01. The summed E-state index contributed by atoms with van der Waals surface area (Å²) >= 11 is 0. The minimum absolute atomic E-state index is 0.169. The molecule has 0 saturated heterocycles. The van der Waals surface area contributed by atoms with E-state index in [1.807, 2.05) is 29.7 Å². The second-order valence-corrected chi connectivity index (χ2v) is 6.85. The molecule has 5 N–H and O–H groups in total. The van der Waals surface area contributed by atoms with Crippen molar-refractivity contribution in [3.63, 3.8) is 0 Å². The fraction of sp³-hybridized carbons (Fsp3) is 0.300. The molecular weight excluding hydrogens is 473 g/mol. The van der Waals surface area contributed by atoms with Crippen molar-refractivity contribution >= 4 is 22.8 Å². The summed E-state index contributed by atoms with van der Waals surface area (Å²) in [6, 6.07) is 5.63. The highest BCUT2D eigenvalue weighted by Crippen LogP contribution is 2.36. The lowest BCUT2D eigenvalue weighted by atomic mass is 10.2. The Morgan fingerprint density at radius 3 is 2.51 bits per heavy atom. The number of halogens is 3. The number of nitrogen functional groups attached to an aromatic ring is 1. The van der Waals surface area contributed by atoms with Gasteiger partial charge in [0.2, 0.25) is 0 Å². The SMILES string of the molecule is CCn1c(-c2nonc2N)nc2c(-c3ccccn3)ncc(OCCCN)c21.O=C(O)C(F)(F)F. The second-order valence-electron chi connectivity index (χ2n) is 6.85. The maximum Gasteiger partial charge on any atom is 0.490 e. The molecule has 0 saturated carbocycles. The Labute approximate surface area is 195 Å². The van der Waals surface area contributed by atoms with E-state index in [0.29, 0.717) is 53.9 Å². The molecule has 15 heteroatoms. The molecule has 4 rings (SSSR count). The molecule has 0 radical (unpaired) electrons. The number of aromatic nitrogens is 6. The first-order valence-corrected chi connectivity index (χ1v) is 10.2. The Hall–Kier alpha value is -4.27. The van der Waals surface area contributed by atoms with Gasteiger partial charge in [0.1, 0.15) is 16.7 Å². The molecule has 0 aliphatic rings. The number of hydrogen-bond donors (Lipinski definition) is 3. The highest BCUT2D eigenvalue weighted by atomic mass is 19.4. The summed E-state index contributed by atoms with van der Waals surface area (Å²) in [6.07, 6.45) is -0.951. The molecule has 35 heavy (non-hydrogen) atoms. The van der Waals surface area contributed by atoms with E-state index in [1.165, 1.54) is 0 Å². The molecule has 4 aromatic heterocycles. The van der Waals surface area contributed by atoms with Crippen LogP contribution in [0.1, 0.15) is 13.3 Å². The van der Waals surface area contributed by atoms with Crippen LogP contribution in [0, 0.1) is 0 Å². The third-order valence-electron chi connectivity index (χ3n) is 4.53. The number of nitrogens with zero attached hydrogens (tertiary/aromatic N) is 6. The molecule has 0 spiro atoms. The van der Waals surface area contributed by atoms with E-state index in [2.05, 4.69) is 20.3 Å². The first kappa shape index (κ1) is 25.4. The largest absolute Gasteiger partial charge is 0.490 e. The number of carboxylic acids is 1. The van der Waals surface area contributed by atoms with Crippen LogP contribution in [0.15, 0.2) is 35.2 Å². The average molecular weight is 494 g/mol. The number of alkyl halides is 3. The quantitative estimate of drug-likeness (QED) is 0.321. The van der Waals surface area contributed by atoms with Gasteiger partial charge in [0.05, 0.1) is 18.5 Å². The topological polar surface area (TPSA) is 181 Å². The normalized spacial score (nSPS) is 11.2. The molecule has 4 heterocycles. The highest BCUT2D eigenvalue weighted by molar-refractivity contribution is 5.95. The molecule has 12 nitrogen and oxygen atoms in total. The zero-order valence-corrected chi connectivity index (χ0v) is 18.4. The molecular formula is C20H21F3N8O4. The van der Waals surface area contributed by atoms with Crippen LogP contribution in [0.4, 0.5) is 19.0 Å². The van der Waals surface area contributed by atoms with Gasteiger partial charge in [-0.2, -0.15) is 13.2 Å². The summed E-state index contributed by atoms with van der Waals surface area (Å²) < 4.78 is 44.4. The van der Waals surface area contributed by atoms with E-state index in [1.54, 1.807) is 12.4 Å². The number of fused-ring (bicyclic) bond motifs is 1. The van der Waals surface area contributed by atoms with E-state index in [9.17, 15) is 13.2 Å². The van der Waals surface area contributed by atoms with Gasteiger partial charge in [-0.3, -0.25) is 4.98 Å². The Morgan fingerprint density at radius 1 is 1.23 bits per heavy atom. The molecule has 0 aliphatic heterocycles.